The molecule has 0 saturated carbocycles. The van der Waals surface area contributed by atoms with Crippen molar-refractivity contribution in [2.24, 2.45) is 0 Å². The van der Waals surface area contributed by atoms with Crippen LogP contribution in [-0.2, 0) is 5.41 Å². The predicted molar refractivity (Wildman–Crippen MR) is 106 cm³/mol. The molecule has 0 spiro atoms. The molecule has 0 fully saturated rings. The Hall–Kier alpha value is -3.90. The first-order valence-electron chi connectivity index (χ1n) is 8.65. The molecule has 6 heteroatoms. The smallest absolute Gasteiger partial charge is 0.269 e. The molecular weight excluding hydrogens is 352 g/mol. The van der Waals surface area contributed by atoms with Crippen molar-refractivity contribution in [3.8, 4) is 23.8 Å². The van der Waals surface area contributed by atoms with E-state index >= 15 is 0 Å². The minimum Gasteiger partial charge on any atom is -0.438 e. The zero-order valence-electron chi connectivity index (χ0n) is 15.8. The number of hydrogen-bond donors (Lipinski definition) is 0. The van der Waals surface area contributed by atoms with Crippen molar-refractivity contribution in [3.05, 3.63) is 75.7 Å². The van der Waals surface area contributed by atoms with Crippen LogP contribution >= 0.6 is 0 Å². The average molecular weight is 370 g/mol. The highest BCUT2D eigenvalue weighted by atomic mass is 16.5. The van der Waals surface area contributed by atoms with Gasteiger partial charge in [-0.15, -0.1) is 0 Å². The first-order valence-corrected chi connectivity index (χ1v) is 8.65. The van der Waals surface area contributed by atoms with Crippen molar-refractivity contribution in [2.75, 3.05) is 0 Å². The summed E-state index contributed by atoms with van der Waals surface area (Å²) < 4.78 is 7.21. The van der Waals surface area contributed by atoms with Gasteiger partial charge >= 0.3 is 0 Å². The van der Waals surface area contributed by atoms with Crippen LogP contribution in [0.3, 0.4) is 0 Å². The monoisotopic (exact) mass is 370 g/mol. The predicted octanol–water partition coefficient (Wildman–Crippen LogP) is 4.21. The van der Waals surface area contributed by atoms with E-state index < -0.39 is 5.56 Å². The van der Waals surface area contributed by atoms with Crippen LogP contribution in [0.15, 0.2) is 59.0 Å². The van der Waals surface area contributed by atoms with Crippen molar-refractivity contribution in [1.82, 2.24) is 9.38 Å². The largest absolute Gasteiger partial charge is 0.438 e. The van der Waals surface area contributed by atoms with Crippen molar-refractivity contribution >= 4 is 11.7 Å². The molecule has 6 nitrogen and oxygen atoms in total. The fraction of sp³-hybridized carbons (Fsp3) is 0.182. The second-order valence-corrected chi connectivity index (χ2v) is 7.22. The number of pyridine rings is 1. The van der Waals surface area contributed by atoms with Crippen LogP contribution in [0.5, 0.6) is 11.6 Å². The molecule has 3 rings (SSSR count). The maximum atomic E-state index is 12.9. The number of allylic oxidation sites excluding steroid dienone is 1. The Morgan fingerprint density at radius 1 is 1.11 bits per heavy atom. The SMILES string of the molecule is CC(C)(C)c1ccc(Oc2nc3ccccn3c(=O)c2C=C(C#N)C#N)cc1. The summed E-state index contributed by atoms with van der Waals surface area (Å²) >= 11 is 0. The maximum Gasteiger partial charge on any atom is 0.269 e. The molecule has 1 aromatic carbocycles. The van der Waals surface area contributed by atoms with E-state index in [4.69, 9.17) is 15.3 Å². The minimum absolute atomic E-state index is 0.000940. The van der Waals surface area contributed by atoms with Crippen molar-refractivity contribution in [1.29, 1.82) is 10.5 Å². The quantitative estimate of drug-likeness (QED) is 0.644. The Labute approximate surface area is 162 Å². The van der Waals surface area contributed by atoms with Crippen LogP contribution in [0, 0.1) is 22.7 Å². The van der Waals surface area contributed by atoms with Crippen LogP contribution in [-0.4, -0.2) is 9.38 Å². The van der Waals surface area contributed by atoms with Gasteiger partial charge in [-0.2, -0.15) is 15.5 Å². The van der Waals surface area contributed by atoms with Crippen LogP contribution in [0.1, 0.15) is 31.9 Å². The molecule has 2 heterocycles. The second-order valence-electron chi connectivity index (χ2n) is 7.22. The van der Waals surface area contributed by atoms with Crippen LogP contribution in [0.2, 0.25) is 0 Å². The van der Waals surface area contributed by atoms with Gasteiger partial charge in [-0.1, -0.05) is 39.0 Å². The van der Waals surface area contributed by atoms with Gasteiger partial charge in [0.15, 0.2) is 0 Å². The molecule has 0 N–H and O–H groups in total. The molecule has 0 atom stereocenters. The van der Waals surface area contributed by atoms with Crippen LogP contribution < -0.4 is 10.3 Å². The molecule has 0 aliphatic rings. The van der Waals surface area contributed by atoms with Gasteiger partial charge in [0.2, 0.25) is 5.88 Å². The number of nitriles is 2. The van der Waals surface area contributed by atoms with Crippen LogP contribution in [0.25, 0.3) is 11.7 Å². The molecule has 0 radical (unpaired) electrons. The molecule has 0 saturated heterocycles. The first-order chi connectivity index (χ1) is 13.3. The van der Waals surface area contributed by atoms with Gasteiger partial charge in [0, 0.05) is 6.20 Å². The third-order valence-corrected chi connectivity index (χ3v) is 4.20. The van der Waals surface area contributed by atoms with E-state index in [0.717, 1.165) is 5.56 Å². The van der Waals surface area contributed by atoms with E-state index in [-0.39, 0.29) is 22.4 Å². The van der Waals surface area contributed by atoms with Gasteiger partial charge in [0.25, 0.3) is 5.56 Å². The molecule has 138 valence electrons. The van der Waals surface area contributed by atoms with Crippen molar-refractivity contribution < 1.29 is 4.74 Å². The summed E-state index contributed by atoms with van der Waals surface area (Å²) in [4.78, 5) is 17.3. The maximum absolute atomic E-state index is 12.9. The summed E-state index contributed by atoms with van der Waals surface area (Å²) in [5.74, 6) is 0.549. The lowest BCUT2D eigenvalue weighted by Crippen LogP contribution is -2.18. The topological polar surface area (TPSA) is 91.2 Å². The Morgan fingerprint density at radius 3 is 2.39 bits per heavy atom. The van der Waals surface area contributed by atoms with Gasteiger partial charge in [0.05, 0.1) is 0 Å². The number of nitrogens with zero attached hydrogens (tertiary/aromatic N) is 4. The molecule has 3 aromatic rings. The van der Waals surface area contributed by atoms with Gasteiger partial charge in [0.1, 0.15) is 34.7 Å². The molecule has 28 heavy (non-hydrogen) atoms. The highest BCUT2D eigenvalue weighted by Gasteiger charge is 2.16. The highest BCUT2D eigenvalue weighted by molar-refractivity contribution is 5.66. The second kappa shape index (κ2) is 7.38. The van der Waals surface area contributed by atoms with Crippen molar-refractivity contribution in [3.63, 3.8) is 0 Å². The van der Waals surface area contributed by atoms with Crippen LogP contribution in [0.4, 0.5) is 0 Å². The third-order valence-electron chi connectivity index (χ3n) is 4.20. The molecule has 0 bridgehead atoms. The summed E-state index contributed by atoms with van der Waals surface area (Å²) in [5.41, 5.74) is 0.963. The number of aromatic nitrogens is 2. The fourth-order valence-corrected chi connectivity index (χ4v) is 2.65. The standard InChI is InChI=1S/C22H18N4O2/c1-22(2,3)16-7-9-17(10-8-16)28-20-18(12-15(13-23)14-24)21(27)26-11-5-4-6-19(26)25-20/h4-12H,1-3H3. The van der Waals surface area contributed by atoms with Gasteiger partial charge in [-0.3, -0.25) is 9.20 Å². The van der Waals surface area contributed by atoms with E-state index in [2.05, 4.69) is 25.8 Å². The molecular formula is C22H18N4O2. The summed E-state index contributed by atoms with van der Waals surface area (Å²) in [6, 6.07) is 16.2. The molecule has 0 amide bonds. The van der Waals surface area contributed by atoms with Gasteiger partial charge in [-0.05, 0) is 41.3 Å². The van der Waals surface area contributed by atoms with Crippen molar-refractivity contribution in [2.45, 2.75) is 26.2 Å². The molecule has 0 aliphatic carbocycles. The zero-order valence-corrected chi connectivity index (χ0v) is 15.8. The number of ether oxygens (including phenoxy) is 1. The van der Waals surface area contributed by atoms with E-state index in [1.54, 1.807) is 48.7 Å². The molecule has 2 aromatic heterocycles. The van der Waals surface area contributed by atoms with E-state index in [9.17, 15) is 4.79 Å². The number of benzene rings is 1. The molecule has 0 unspecified atom stereocenters. The number of fused-ring (bicyclic) bond motifs is 1. The normalized spacial score (nSPS) is 10.8. The fourth-order valence-electron chi connectivity index (χ4n) is 2.65. The lowest BCUT2D eigenvalue weighted by atomic mass is 9.87. The lowest BCUT2D eigenvalue weighted by molar-refractivity contribution is 0.460. The zero-order chi connectivity index (χ0) is 20.3. The Bertz CT molecular complexity index is 1180. The first kappa shape index (κ1) is 18.9. The highest BCUT2D eigenvalue weighted by Crippen LogP contribution is 2.28. The van der Waals surface area contributed by atoms with E-state index in [1.165, 1.54) is 10.5 Å². The van der Waals surface area contributed by atoms with Gasteiger partial charge in [-0.25, -0.2) is 0 Å². The molecule has 0 aliphatic heterocycles. The van der Waals surface area contributed by atoms with E-state index in [1.807, 2.05) is 12.1 Å². The Morgan fingerprint density at radius 2 is 1.79 bits per heavy atom. The minimum atomic E-state index is -0.421. The average Bonchev–Trinajstić information content (AvgIpc) is 2.68. The lowest BCUT2D eigenvalue weighted by Gasteiger charge is -2.19. The third kappa shape index (κ3) is 3.77. The Balaban J connectivity index is 2.14. The van der Waals surface area contributed by atoms with E-state index in [0.29, 0.717) is 11.4 Å². The number of hydrogen-bond acceptors (Lipinski definition) is 5. The number of rotatable bonds is 3. The van der Waals surface area contributed by atoms with Gasteiger partial charge < -0.3 is 4.74 Å². The summed E-state index contributed by atoms with van der Waals surface area (Å²) in [6.07, 6.45) is 2.77. The Kier molecular flexibility index (Phi) is 4.98. The summed E-state index contributed by atoms with van der Waals surface area (Å²) in [5, 5.41) is 18.1. The summed E-state index contributed by atoms with van der Waals surface area (Å²) in [6.45, 7) is 6.34. The summed E-state index contributed by atoms with van der Waals surface area (Å²) in [7, 11) is 0.